The van der Waals surface area contributed by atoms with E-state index in [2.05, 4.69) is 0 Å². The van der Waals surface area contributed by atoms with E-state index >= 15 is 0 Å². The van der Waals surface area contributed by atoms with Crippen molar-refractivity contribution in [2.75, 3.05) is 0 Å². The number of carboxylic acid groups (broad SMARTS) is 2. The average molecular weight is 441 g/mol. The second-order valence-corrected chi connectivity index (χ2v) is 12.9. The molecule has 126 valence electrons. The Labute approximate surface area is 152 Å². The molecule has 4 N–H and O–H groups in total. The third-order valence-corrected chi connectivity index (χ3v) is 12.5. The number of Topliss-reactive ketones (excluding diaryl/α,β-unsaturated/α-hetero) is 1. The van der Waals surface area contributed by atoms with Crippen LogP contribution in [0.5, 0.6) is 0 Å². The van der Waals surface area contributed by atoms with Crippen LogP contribution in [-0.2, 0) is 9.59 Å². The molecule has 6 nitrogen and oxygen atoms in total. The van der Waals surface area contributed by atoms with E-state index < -0.39 is 49.2 Å². The minimum atomic E-state index is -3.19. The summed E-state index contributed by atoms with van der Waals surface area (Å²) in [7, 11) is 0. The van der Waals surface area contributed by atoms with Crippen molar-refractivity contribution in [3.05, 3.63) is 65.7 Å². The molecule has 3 rings (SSSR count). The summed E-state index contributed by atoms with van der Waals surface area (Å²) in [5.41, 5.74) is 1.04. The zero-order valence-electron chi connectivity index (χ0n) is 13.2. The van der Waals surface area contributed by atoms with Crippen molar-refractivity contribution in [1.82, 2.24) is 0 Å². The van der Waals surface area contributed by atoms with Crippen LogP contribution in [0.3, 0.4) is 0 Å². The molecule has 0 radical (unpaired) electrons. The number of hydrogen-bond donors (Lipinski definition) is 3. The number of rotatable bonds is 5. The molecule has 2 atom stereocenters. The van der Waals surface area contributed by atoms with Crippen LogP contribution in [0.4, 0.5) is 0 Å². The number of fused-ring (bicyclic) bond motifs is 1. The SMILES string of the molecule is [NH2][In]1[c]2ccccc2C(=O)[CH]1C(c1ccccc1)C(C(=O)O)C(=O)O. The molecule has 0 bridgehead atoms. The monoisotopic (exact) mass is 441 g/mol. The van der Waals surface area contributed by atoms with E-state index in [4.69, 9.17) is 3.72 Å². The summed E-state index contributed by atoms with van der Waals surface area (Å²) in [5.74, 6) is -5.82. The van der Waals surface area contributed by atoms with Crippen LogP contribution in [0.1, 0.15) is 21.8 Å². The Morgan fingerprint density at radius 2 is 1.52 bits per heavy atom. The quantitative estimate of drug-likeness (QED) is 0.596. The van der Waals surface area contributed by atoms with Crippen LogP contribution in [0, 0.1) is 5.92 Å². The van der Waals surface area contributed by atoms with Gasteiger partial charge in [0, 0.05) is 0 Å². The number of ketones is 1. The molecule has 2 unspecified atom stereocenters. The molecule has 0 aromatic heterocycles. The Morgan fingerprint density at radius 1 is 0.960 bits per heavy atom. The van der Waals surface area contributed by atoms with E-state index in [-0.39, 0.29) is 5.78 Å². The summed E-state index contributed by atoms with van der Waals surface area (Å²) in [5, 5.41) is 19.0. The molecule has 0 saturated carbocycles. The number of hydrogen-bond acceptors (Lipinski definition) is 4. The van der Waals surface area contributed by atoms with Gasteiger partial charge in [0.1, 0.15) is 0 Å². The first-order valence-corrected chi connectivity index (χ1v) is 13.3. The van der Waals surface area contributed by atoms with Gasteiger partial charge < -0.3 is 0 Å². The summed E-state index contributed by atoms with van der Waals surface area (Å²) >= 11 is -3.19. The van der Waals surface area contributed by atoms with Crippen molar-refractivity contribution in [3.8, 4) is 0 Å². The van der Waals surface area contributed by atoms with Gasteiger partial charge in [-0.3, -0.25) is 0 Å². The molecule has 0 aliphatic carbocycles. The van der Waals surface area contributed by atoms with Gasteiger partial charge in [0.05, 0.1) is 0 Å². The predicted octanol–water partition coefficient (Wildman–Crippen LogP) is 0.979. The number of carbonyl (C=O) groups is 3. The van der Waals surface area contributed by atoms with Gasteiger partial charge in [0.15, 0.2) is 0 Å². The predicted molar refractivity (Wildman–Crippen MR) is 92.0 cm³/mol. The molecular weight excluding hydrogens is 425 g/mol. The number of aliphatic carboxylic acids is 2. The van der Waals surface area contributed by atoms with Crippen LogP contribution < -0.4 is 7.04 Å². The fraction of sp³-hybridized carbons (Fsp3) is 0.167. The Morgan fingerprint density at radius 3 is 2.08 bits per heavy atom. The van der Waals surface area contributed by atoms with Gasteiger partial charge in [-0.05, 0) is 0 Å². The van der Waals surface area contributed by atoms with Crippen molar-refractivity contribution < 1.29 is 24.6 Å². The first-order valence-electron chi connectivity index (χ1n) is 7.82. The Bertz CT molecular complexity index is 824. The molecule has 2 aromatic rings. The average Bonchev–Trinajstić information content (AvgIpc) is 2.84. The second-order valence-electron chi connectivity index (χ2n) is 6.09. The maximum atomic E-state index is 13.0. The number of carbonyl (C=O) groups excluding carboxylic acids is 1. The van der Waals surface area contributed by atoms with Gasteiger partial charge in [-0.1, -0.05) is 0 Å². The topological polar surface area (TPSA) is 118 Å². The standard InChI is InChI=1S/C18H14O5.In.H2N/c19-15(13-9-5-2-6-10-13)11-14(12-7-3-1-4-8-12)16(17(20)21)18(22)23;;/h1-9,11,14,16H,(H,20,21)(H,22,23);;1H2/q;+1;-1. The summed E-state index contributed by atoms with van der Waals surface area (Å²) in [4.78, 5) is 36.3. The van der Waals surface area contributed by atoms with Gasteiger partial charge in [0.25, 0.3) is 0 Å². The van der Waals surface area contributed by atoms with Gasteiger partial charge in [-0.2, -0.15) is 0 Å². The van der Waals surface area contributed by atoms with E-state index in [1.165, 1.54) is 0 Å². The molecule has 1 heterocycles. The molecule has 7 heteroatoms. The van der Waals surface area contributed by atoms with E-state index in [1.807, 2.05) is 6.07 Å². The Balaban J connectivity index is 2.15. The van der Waals surface area contributed by atoms with E-state index in [1.54, 1.807) is 48.5 Å². The van der Waals surface area contributed by atoms with Crippen LogP contribution in [0.25, 0.3) is 0 Å². The first kappa shape index (κ1) is 17.7. The van der Waals surface area contributed by atoms with Crippen molar-refractivity contribution in [2.24, 2.45) is 9.64 Å². The Hall–Kier alpha value is -2.12. The molecule has 0 fully saturated rings. The van der Waals surface area contributed by atoms with Crippen molar-refractivity contribution in [2.45, 2.75) is 9.59 Å². The van der Waals surface area contributed by atoms with E-state index in [9.17, 15) is 24.6 Å². The molecule has 2 aromatic carbocycles. The summed E-state index contributed by atoms with van der Waals surface area (Å²) in [6.45, 7) is 0. The van der Waals surface area contributed by atoms with Crippen LogP contribution in [0.15, 0.2) is 54.6 Å². The van der Waals surface area contributed by atoms with Gasteiger partial charge >= 0.3 is 152 Å². The molecule has 1 aliphatic heterocycles. The van der Waals surface area contributed by atoms with Gasteiger partial charge in [-0.15, -0.1) is 0 Å². The van der Waals surface area contributed by atoms with Crippen molar-refractivity contribution in [3.63, 3.8) is 0 Å². The molecule has 0 saturated heterocycles. The number of carboxylic acids is 2. The zero-order valence-corrected chi connectivity index (χ0v) is 16.5. The van der Waals surface area contributed by atoms with Gasteiger partial charge in [0.2, 0.25) is 0 Å². The van der Waals surface area contributed by atoms with E-state index in [0.717, 1.165) is 3.32 Å². The van der Waals surface area contributed by atoms with Crippen molar-refractivity contribution >= 4 is 42.8 Å². The fourth-order valence-corrected chi connectivity index (χ4v) is 11.4. The normalized spacial score (nSPS) is 17.4. The Kier molecular flexibility index (Phi) is 4.96. The molecule has 25 heavy (non-hydrogen) atoms. The zero-order chi connectivity index (χ0) is 18.1. The van der Waals surface area contributed by atoms with Crippen LogP contribution in [0.2, 0.25) is 3.67 Å². The molecule has 0 spiro atoms. The van der Waals surface area contributed by atoms with Crippen molar-refractivity contribution in [1.29, 1.82) is 0 Å². The second kappa shape index (κ2) is 7.01. The molecule has 0 amide bonds. The van der Waals surface area contributed by atoms with Gasteiger partial charge in [-0.25, -0.2) is 0 Å². The third kappa shape index (κ3) is 3.09. The fourth-order valence-electron chi connectivity index (χ4n) is 3.63. The summed E-state index contributed by atoms with van der Waals surface area (Å²) in [6, 6.07) is 15.5. The summed E-state index contributed by atoms with van der Waals surface area (Å²) < 4.78 is 6.55. The first-order chi connectivity index (χ1) is 11.9. The number of benzene rings is 2. The third-order valence-electron chi connectivity index (χ3n) is 4.74. The number of nitrogens with two attached hydrogens (primary N) is 1. The minimum absolute atomic E-state index is 0.222. The van der Waals surface area contributed by atoms with E-state index in [0.29, 0.717) is 11.1 Å². The summed E-state index contributed by atoms with van der Waals surface area (Å²) in [6.07, 6.45) is 0. The maximum absolute atomic E-state index is 13.0. The molecular formula is C18H16InNO5. The molecule has 1 aliphatic rings. The van der Waals surface area contributed by atoms with Crippen LogP contribution in [-0.4, -0.2) is 49.7 Å². The van der Waals surface area contributed by atoms with Crippen LogP contribution >= 0.6 is 0 Å².